The molecule has 0 radical (unpaired) electrons. The van der Waals surface area contributed by atoms with Crippen molar-refractivity contribution in [2.24, 2.45) is 5.92 Å². The Morgan fingerprint density at radius 2 is 2.04 bits per heavy atom. The Morgan fingerprint density at radius 3 is 2.68 bits per heavy atom. The van der Waals surface area contributed by atoms with Crippen molar-refractivity contribution in [3.05, 3.63) is 29.0 Å². The third kappa shape index (κ3) is 3.99. The van der Waals surface area contributed by atoms with Gasteiger partial charge in [0, 0.05) is 13.2 Å². The van der Waals surface area contributed by atoms with Crippen LogP contribution in [-0.2, 0) is 0 Å². The number of aromatic nitrogens is 1. The molecule has 1 unspecified atom stereocenters. The first-order valence-electron chi connectivity index (χ1n) is 9.34. The van der Waals surface area contributed by atoms with Gasteiger partial charge >= 0.3 is 0 Å². The zero-order valence-corrected chi connectivity index (χ0v) is 15.6. The molecular weight excluding hydrogens is 338 g/mol. The summed E-state index contributed by atoms with van der Waals surface area (Å²) in [5.74, 6) is 0.182. The van der Waals surface area contributed by atoms with E-state index >= 15 is 0 Å². The molecule has 1 amide bonds. The van der Waals surface area contributed by atoms with Gasteiger partial charge in [-0.2, -0.15) is 0 Å². The van der Waals surface area contributed by atoms with E-state index in [0.29, 0.717) is 24.3 Å². The van der Waals surface area contributed by atoms with Gasteiger partial charge in [0.1, 0.15) is 5.15 Å². The molecule has 5 nitrogen and oxygen atoms in total. The maximum Gasteiger partial charge on any atom is 0.257 e. The van der Waals surface area contributed by atoms with Gasteiger partial charge in [-0.3, -0.25) is 4.79 Å². The lowest BCUT2D eigenvalue weighted by molar-refractivity contribution is -0.0791. The predicted molar refractivity (Wildman–Crippen MR) is 98.8 cm³/mol. The van der Waals surface area contributed by atoms with Crippen LogP contribution in [0.15, 0.2) is 18.3 Å². The van der Waals surface area contributed by atoms with Crippen molar-refractivity contribution in [1.29, 1.82) is 0 Å². The van der Waals surface area contributed by atoms with Gasteiger partial charge in [-0.05, 0) is 56.8 Å². The lowest BCUT2D eigenvalue weighted by Gasteiger charge is -2.48. The average molecular weight is 366 g/mol. The lowest BCUT2D eigenvalue weighted by atomic mass is 9.72. The third-order valence-corrected chi connectivity index (χ3v) is 6.14. The molecule has 2 fully saturated rings. The molecule has 0 spiro atoms. The summed E-state index contributed by atoms with van der Waals surface area (Å²) in [5, 5.41) is 15.0. The van der Waals surface area contributed by atoms with Gasteiger partial charge in [0.05, 0.1) is 17.2 Å². The van der Waals surface area contributed by atoms with E-state index in [2.05, 4.69) is 10.3 Å². The minimum absolute atomic E-state index is 0.152. The number of aliphatic hydroxyl groups is 1. The van der Waals surface area contributed by atoms with Crippen LogP contribution in [0.25, 0.3) is 0 Å². The van der Waals surface area contributed by atoms with E-state index in [1.807, 2.05) is 7.05 Å². The van der Waals surface area contributed by atoms with Crippen molar-refractivity contribution < 1.29 is 9.90 Å². The van der Waals surface area contributed by atoms with Crippen LogP contribution in [0.1, 0.15) is 55.3 Å². The average Bonchev–Trinajstić information content (AvgIpc) is 2.63. The van der Waals surface area contributed by atoms with Gasteiger partial charge in [-0.25, -0.2) is 4.98 Å². The van der Waals surface area contributed by atoms with Gasteiger partial charge < -0.3 is 15.3 Å². The normalized spacial score (nSPS) is 22.4. The quantitative estimate of drug-likeness (QED) is 0.805. The Morgan fingerprint density at radius 1 is 1.36 bits per heavy atom. The molecule has 1 saturated carbocycles. The molecule has 3 rings (SSSR count). The number of nitrogens with one attached hydrogen (secondary N) is 1. The maximum absolute atomic E-state index is 13.1. The van der Waals surface area contributed by atoms with Crippen LogP contribution in [-0.4, -0.2) is 52.7 Å². The summed E-state index contributed by atoms with van der Waals surface area (Å²) in [4.78, 5) is 18.9. The van der Waals surface area contributed by atoms with Crippen LogP contribution in [0, 0.1) is 5.92 Å². The molecule has 1 atom stereocenters. The largest absolute Gasteiger partial charge is 0.388 e. The Hall–Kier alpha value is -1.17. The molecule has 2 aliphatic rings. The Kier molecular flexibility index (Phi) is 5.97. The number of rotatable bonds is 4. The highest BCUT2D eigenvalue weighted by Crippen LogP contribution is 2.38. The van der Waals surface area contributed by atoms with E-state index in [0.717, 1.165) is 25.9 Å². The minimum atomic E-state index is -0.841. The number of halogens is 1. The van der Waals surface area contributed by atoms with E-state index in [1.165, 1.54) is 19.3 Å². The summed E-state index contributed by atoms with van der Waals surface area (Å²) in [6.45, 7) is 1.57. The number of hydrogen-bond acceptors (Lipinski definition) is 4. The smallest absolute Gasteiger partial charge is 0.257 e. The fraction of sp³-hybridized carbons (Fsp3) is 0.684. The number of carbonyl (C=O) groups excluding carboxylic acids is 1. The molecule has 0 aromatic carbocycles. The van der Waals surface area contributed by atoms with Crippen LogP contribution >= 0.6 is 11.6 Å². The van der Waals surface area contributed by atoms with Crippen molar-refractivity contribution >= 4 is 17.5 Å². The van der Waals surface area contributed by atoms with E-state index < -0.39 is 5.60 Å². The Bertz CT molecular complexity index is 598. The number of hydrogen-bond donors (Lipinski definition) is 2. The molecule has 1 aliphatic carbocycles. The second-order valence-electron chi connectivity index (χ2n) is 7.45. The highest BCUT2D eigenvalue weighted by Gasteiger charge is 2.46. The van der Waals surface area contributed by atoms with Crippen molar-refractivity contribution in [3.63, 3.8) is 0 Å². The Balaban J connectivity index is 1.89. The van der Waals surface area contributed by atoms with Gasteiger partial charge in [-0.1, -0.05) is 30.9 Å². The first-order chi connectivity index (χ1) is 12.0. The fourth-order valence-electron chi connectivity index (χ4n) is 4.58. The van der Waals surface area contributed by atoms with Crippen LogP contribution in [0.4, 0.5) is 0 Å². The van der Waals surface area contributed by atoms with Crippen LogP contribution in [0.2, 0.25) is 5.15 Å². The molecule has 1 aromatic rings. The zero-order valence-electron chi connectivity index (χ0n) is 14.9. The van der Waals surface area contributed by atoms with Crippen molar-refractivity contribution in [3.8, 4) is 0 Å². The molecule has 2 heterocycles. The minimum Gasteiger partial charge on any atom is -0.388 e. The summed E-state index contributed by atoms with van der Waals surface area (Å²) in [6.07, 6.45) is 8.65. The van der Waals surface area contributed by atoms with Gasteiger partial charge in [0.25, 0.3) is 5.91 Å². The number of amides is 1. The molecule has 1 saturated heterocycles. The maximum atomic E-state index is 13.1. The van der Waals surface area contributed by atoms with Gasteiger partial charge in [-0.15, -0.1) is 0 Å². The monoisotopic (exact) mass is 365 g/mol. The summed E-state index contributed by atoms with van der Waals surface area (Å²) >= 11 is 6.14. The summed E-state index contributed by atoms with van der Waals surface area (Å²) in [5.41, 5.74) is -0.434. The first-order valence-corrected chi connectivity index (χ1v) is 9.71. The molecule has 1 aromatic heterocycles. The van der Waals surface area contributed by atoms with Gasteiger partial charge in [0.15, 0.2) is 0 Å². The number of pyridine rings is 1. The van der Waals surface area contributed by atoms with Gasteiger partial charge in [0.2, 0.25) is 0 Å². The molecular formula is C19H28ClN3O2. The second-order valence-corrected chi connectivity index (χ2v) is 7.81. The number of carbonyl (C=O) groups is 1. The summed E-state index contributed by atoms with van der Waals surface area (Å²) in [7, 11) is 1.81. The van der Waals surface area contributed by atoms with Crippen LogP contribution in [0.3, 0.4) is 0 Å². The molecule has 0 bridgehead atoms. The molecule has 138 valence electrons. The highest BCUT2D eigenvalue weighted by molar-refractivity contribution is 6.32. The number of likely N-dealkylation sites (N-methyl/N-ethyl adjacent to an activating group) is 1. The zero-order chi connectivity index (χ0) is 17.9. The summed E-state index contributed by atoms with van der Waals surface area (Å²) < 4.78 is 0. The van der Waals surface area contributed by atoms with E-state index in [1.54, 1.807) is 23.2 Å². The molecule has 25 heavy (non-hydrogen) atoms. The molecule has 2 N–H and O–H groups in total. The third-order valence-electron chi connectivity index (χ3n) is 5.84. The van der Waals surface area contributed by atoms with Crippen molar-refractivity contribution in [2.45, 2.75) is 56.6 Å². The van der Waals surface area contributed by atoms with E-state index in [-0.39, 0.29) is 17.1 Å². The predicted octanol–water partition coefficient (Wildman–Crippen LogP) is 2.87. The molecule has 1 aliphatic heterocycles. The number of piperidine rings is 1. The highest BCUT2D eigenvalue weighted by atomic mass is 35.5. The van der Waals surface area contributed by atoms with E-state index in [9.17, 15) is 9.90 Å². The van der Waals surface area contributed by atoms with Crippen LogP contribution in [0.5, 0.6) is 0 Å². The van der Waals surface area contributed by atoms with E-state index in [4.69, 9.17) is 11.6 Å². The summed E-state index contributed by atoms with van der Waals surface area (Å²) in [6, 6.07) is 3.25. The van der Waals surface area contributed by atoms with Crippen molar-refractivity contribution in [2.75, 3.05) is 20.1 Å². The topological polar surface area (TPSA) is 65.5 Å². The second kappa shape index (κ2) is 8.02. The lowest BCUT2D eigenvalue weighted by Crippen LogP contribution is -2.60. The SMILES string of the molecule is CN(C(=O)c1cccnc1Cl)C(C1CCCCC1)C1(O)CCNCC1. The van der Waals surface area contributed by atoms with Crippen molar-refractivity contribution in [1.82, 2.24) is 15.2 Å². The standard InChI is InChI=1S/C19H28ClN3O2/c1-23(18(24)15-8-5-11-22-17(15)20)16(14-6-3-2-4-7-14)19(25)9-12-21-13-10-19/h5,8,11,14,16,21,25H,2-4,6-7,9-10,12-13H2,1H3. The fourth-order valence-corrected chi connectivity index (χ4v) is 4.78. The first kappa shape index (κ1) is 18.6. The molecule has 6 heteroatoms. The Labute approximate surface area is 154 Å². The number of nitrogens with zero attached hydrogens (tertiary/aromatic N) is 2. The van der Waals surface area contributed by atoms with Crippen LogP contribution < -0.4 is 5.32 Å².